The fourth-order valence-electron chi connectivity index (χ4n) is 1.87. The van der Waals surface area contributed by atoms with E-state index in [-0.39, 0.29) is 6.10 Å². The molecule has 1 unspecified atom stereocenters. The minimum absolute atomic E-state index is 0.182. The molecule has 0 aliphatic carbocycles. The number of hydrogen-bond donors (Lipinski definition) is 1. The zero-order valence-electron chi connectivity index (χ0n) is 10.3. The summed E-state index contributed by atoms with van der Waals surface area (Å²) >= 11 is 1.71. The zero-order valence-corrected chi connectivity index (χ0v) is 11.1. The lowest BCUT2D eigenvalue weighted by molar-refractivity contribution is 0.0594. The van der Waals surface area contributed by atoms with E-state index in [0.29, 0.717) is 11.5 Å². The third-order valence-corrected chi connectivity index (χ3v) is 3.93. The maximum Gasteiger partial charge on any atom is 0.356 e. The zero-order chi connectivity index (χ0) is 13.2. The first-order chi connectivity index (χ1) is 9.28. The number of imidazole rings is 1. The molecular weight excluding hydrogens is 264 g/mol. The molecule has 1 atom stereocenters. The van der Waals surface area contributed by atoms with Crippen LogP contribution < -0.4 is 4.74 Å². The molecule has 19 heavy (non-hydrogen) atoms. The van der Waals surface area contributed by atoms with E-state index in [2.05, 4.69) is 14.7 Å². The molecular formula is C13H12N2O3S. The van der Waals surface area contributed by atoms with Gasteiger partial charge in [0.1, 0.15) is 17.3 Å². The first-order valence-electron chi connectivity index (χ1n) is 5.79. The first-order valence-corrected chi connectivity index (χ1v) is 6.78. The highest BCUT2D eigenvalue weighted by Gasteiger charge is 2.24. The fraction of sp³-hybridized carbons (Fsp3) is 0.231. The summed E-state index contributed by atoms with van der Waals surface area (Å²) in [4.78, 5) is 19.6. The summed E-state index contributed by atoms with van der Waals surface area (Å²) in [5.74, 6) is 1.82. The molecule has 1 aliphatic rings. The fourth-order valence-corrected chi connectivity index (χ4v) is 2.86. The number of fused-ring (bicyclic) bond motifs is 1. The molecule has 98 valence electrons. The molecule has 6 heteroatoms. The van der Waals surface area contributed by atoms with Gasteiger partial charge in [-0.3, -0.25) is 0 Å². The van der Waals surface area contributed by atoms with Crippen molar-refractivity contribution in [2.24, 2.45) is 0 Å². The average Bonchev–Trinajstić information content (AvgIpc) is 2.95. The summed E-state index contributed by atoms with van der Waals surface area (Å²) in [6, 6.07) is 7.87. The highest BCUT2D eigenvalue weighted by Crippen LogP contribution is 2.39. The quantitative estimate of drug-likeness (QED) is 0.853. The van der Waals surface area contributed by atoms with Crippen molar-refractivity contribution in [3.8, 4) is 5.75 Å². The molecule has 2 heterocycles. The van der Waals surface area contributed by atoms with Gasteiger partial charge in [0.25, 0.3) is 0 Å². The maximum atomic E-state index is 11.4. The van der Waals surface area contributed by atoms with Crippen molar-refractivity contribution in [3.63, 3.8) is 0 Å². The van der Waals surface area contributed by atoms with Crippen LogP contribution in [0.4, 0.5) is 0 Å². The third-order valence-electron chi connectivity index (χ3n) is 2.81. The molecule has 0 saturated heterocycles. The number of carbonyl (C=O) groups excluding carboxylic acids is 1. The highest BCUT2D eigenvalue weighted by molar-refractivity contribution is 7.99. The number of rotatable bonds is 2. The molecule has 2 aromatic rings. The van der Waals surface area contributed by atoms with Crippen LogP contribution in [0.3, 0.4) is 0 Å². The molecule has 0 saturated carbocycles. The molecule has 0 spiro atoms. The molecule has 0 bridgehead atoms. The second-order valence-electron chi connectivity index (χ2n) is 4.04. The van der Waals surface area contributed by atoms with Crippen LogP contribution in [0.1, 0.15) is 22.4 Å². The topological polar surface area (TPSA) is 64.2 Å². The van der Waals surface area contributed by atoms with Crippen LogP contribution in [0.15, 0.2) is 35.4 Å². The number of ether oxygens (including phenoxy) is 2. The molecule has 1 aromatic heterocycles. The van der Waals surface area contributed by atoms with Gasteiger partial charge in [0.2, 0.25) is 0 Å². The summed E-state index contributed by atoms with van der Waals surface area (Å²) in [5.41, 5.74) is 0.338. The largest absolute Gasteiger partial charge is 0.480 e. The van der Waals surface area contributed by atoms with Gasteiger partial charge in [-0.2, -0.15) is 0 Å². The smallest absolute Gasteiger partial charge is 0.356 e. The van der Waals surface area contributed by atoms with E-state index < -0.39 is 5.97 Å². The van der Waals surface area contributed by atoms with Crippen LogP contribution >= 0.6 is 11.8 Å². The number of benzene rings is 1. The lowest BCUT2D eigenvalue weighted by Gasteiger charge is -2.23. The minimum Gasteiger partial charge on any atom is -0.480 e. The number of H-pyrrole nitrogens is 1. The Kier molecular flexibility index (Phi) is 3.16. The van der Waals surface area contributed by atoms with E-state index in [0.717, 1.165) is 16.4 Å². The Morgan fingerprint density at radius 1 is 1.53 bits per heavy atom. The Morgan fingerprint density at radius 2 is 2.37 bits per heavy atom. The first kappa shape index (κ1) is 12.1. The third kappa shape index (κ3) is 2.31. The van der Waals surface area contributed by atoms with Crippen LogP contribution in [0, 0.1) is 0 Å². The minimum atomic E-state index is -0.428. The van der Waals surface area contributed by atoms with Crippen molar-refractivity contribution in [2.75, 3.05) is 12.9 Å². The Hall–Kier alpha value is -1.95. The lowest BCUT2D eigenvalue weighted by atomic mass is 10.3. The Bertz CT molecular complexity index is 611. The number of carbonyl (C=O) groups is 1. The number of nitrogens with one attached hydrogen (secondary N) is 1. The number of para-hydroxylation sites is 1. The molecule has 0 amide bonds. The van der Waals surface area contributed by atoms with Crippen molar-refractivity contribution in [1.82, 2.24) is 9.97 Å². The van der Waals surface area contributed by atoms with Crippen LogP contribution in [0.2, 0.25) is 0 Å². The van der Waals surface area contributed by atoms with Gasteiger partial charge < -0.3 is 14.5 Å². The van der Waals surface area contributed by atoms with Crippen molar-refractivity contribution in [1.29, 1.82) is 0 Å². The SMILES string of the molecule is COC(=O)c1cnc(C2CSc3ccccc3O2)[nH]1. The van der Waals surface area contributed by atoms with E-state index in [1.54, 1.807) is 11.8 Å². The Labute approximate surface area is 114 Å². The van der Waals surface area contributed by atoms with Crippen LogP contribution in [0.5, 0.6) is 5.75 Å². The van der Waals surface area contributed by atoms with E-state index >= 15 is 0 Å². The van der Waals surface area contributed by atoms with Gasteiger partial charge in [0.05, 0.1) is 13.3 Å². The van der Waals surface area contributed by atoms with Gasteiger partial charge in [0, 0.05) is 10.6 Å². The molecule has 0 fully saturated rings. The predicted octanol–water partition coefficient (Wildman–Crippen LogP) is 2.42. The van der Waals surface area contributed by atoms with E-state index in [1.165, 1.54) is 13.3 Å². The summed E-state index contributed by atoms with van der Waals surface area (Å²) < 4.78 is 10.5. The van der Waals surface area contributed by atoms with E-state index in [1.807, 2.05) is 24.3 Å². The summed E-state index contributed by atoms with van der Waals surface area (Å²) in [5, 5.41) is 0. The van der Waals surface area contributed by atoms with Crippen molar-refractivity contribution in [2.45, 2.75) is 11.0 Å². The average molecular weight is 276 g/mol. The highest BCUT2D eigenvalue weighted by atomic mass is 32.2. The van der Waals surface area contributed by atoms with Gasteiger partial charge in [-0.15, -0.1) is 11.8 Å². The number of hydrogen-bond acceptors (Lipinski definition) is 5. The molecule has 1 aromatic carbocycles. The Morgan fingerprint density at radius 3 is 3.21 bits per heavy atom. The van der Waals surface area contributed by atoms with Crippen LogP contribution in [-0.4, -0.2) is 28.8 Å². The van der Waals surface area contributed by atoms with Crippen molar-refractivity contribution in [3.05, 3.63) is 42.0 Å². The normalized spacial score (nSPS) is 17.4. The number of esters is 1. The van der Waals surface area contributed by atoms with Gasteiger partial charge in [-0.1, -0.05) is 12.1 Å². The maximum absolute atomic E-state index is 11.4. The molecule has 1 aliphatic heterocycles. The van der Waals surface area contributed by atoms with E-state index in [4.69, 9.17) is 4.74 Å². The standard InChI is InChI=1S/C13H12N2O3S/c1-17-13(16)8-6-14-12(15-8)10-7-19-11-5-3-2-4-9(11)18-10/h2-6,10H,7H2,1H3,(H,14,15). The molecule has 1 N–H and O–H groups in total. The lowest BCUT2D eigenvalue weighted by Crippen LogP contribution is -2.16. The molecule has 5 nitrogen and oxygen atoms in total. The van der Waals surface area contributed by atoms with Crippen molar-refractivity contribution < 1.29 is 14.3 Å². The number of aromatic amines is 1. The second-order valence-corrected chi connectivity index (χ2v) is 5.10. The number of aromatic nitrogens is 2. The molecule has 3 rings (SSSR count). The summed E-state index contributed by atoms with van der Waals surface area (Å²) in [7, 11) is 1.34. The number of thioether (sulfide) groups is 1. The van der Waals surface area contributed by atoms with Crippen LogP contribution in [-0.2, 0) is 4.74 Å². The second kappa shape index (κ2) is 4.97. The molecule has 0 radical (unpaired) electrons. The van der Waals surface area contributed by atoms with E-state index in [9.17, 15) is 4.79 Å². The summed E-state index contributed by atoms with van der Waals surface area (Å²) in [6.07, 6.45) is 1.29. The van der Waals surface area contributed by atoms with Gasteiger partial charge >= 0.3 is 5.97 Å². The van der Waals surface area contributed by atoms with Gasteiger partial charge in [-0.05, 0) is 12.1 Å². The monoisotopic (exact) mass is 276 g/mol. The predicted molar refractivity (Wildman–Crippen MR) is 70.5 cm³/mol. The summed E-state index contributed by atoms with van der Waals surface area (Å²) in [6.45, 7) is 0. The van der Waals surface area contributed by atoms with Crippen molar-refractivity contribution >= 4 is 17.7 Å². The van der Waals surface area contributed by atoms with Gasteiger partial charge in [0.15, 0.2) is 6.10 Å². The number of methoxy groups -OCH3 is 1. The van der Waals surface area contributed by atoms with Crippen LogP contribution in [0.25, 0.3) is 0 Å². The van der Waals surface area contributed by atoms with Gasteiger partial charge in [-0.25, -0.2) is 9.78 Å². The Balaban J connectivity index is 1.81. The number of nitrogens with zero attached hydrogens (tertiary/aromatic N) is 1.